The van der Waals surface area contributed by atoms with E-state index in [1.807, 2.05) is 23.0 Å². The minimum absolute atomic E-state index is 0.847. The zero-order chi connectivity index (χ0) is 10.1. The van der Waals surface area contributed by atoms with E-state index in [9.17, 15) is 0 Å². The fraction of sp³-hybridized carbons (Fsp3) is 0. The lowest BCUT2D eigenvalue weighted by Gasteiger charge is -1.98. The van der Waals surface area contributed by atoms with Gasteiger partial charge in [0.1, 0.15) is 5.01 Å². The van der Waals surface area contributed by atoms with Gasteiger partial charge in [-0.05, 0) is 17.6 Å². The van der Waals surface area contributed by atoms with Crippen molar-refractivity contribution in [1.29, 1.82) is 0 Å². The maximum absolute atomic E-state index is 4.32. The first-order chi connectivity index (χ1) is 7.45. The van der Waals surface area contributed by atoms with E-state index in [1.165, 1.54) is 11.5 Å². The average Bonchev–Trinajstić information content (AvgIpc) is 3.01. The van der Waals surface area contributed by atoms with Crippen molar-refractivity contribution >= 4 is 22.9 Å². The lowest BCUT2D eigenvalue weighted by atomic mass is 10.3. The molecule has 15 heavy (non-hydrogen) atoms. The topological polar surface area (TPSA) is 43.6 Å². The number of nitrogens with zero attached hydrogens (tertiary/aromatic N) is 4. The third-order valence-electron chi connectivity index (χ3n) is 1.93. The van der Waals surface area contributed by atoms with Gasteiger partial charge in [0.15, 0.2) is 5.82 Å². The maximum atomic E-state index is 4.32. The summed E-state index contributed by atoms with van der Waals surface area (Å²) in [5.74, 6) is 0.847. The van der Waals surface area contributed by atoms with Gasteiger partial charge in [-0.2, -0.15) is 9.47 Å². The monoisotopic (exact) mass is 234 g/mol. The molecule has 6 heteroatoms. The van der Waals surface area contributed by atoms with E-state index in [0.717, 1.165) is 16.4 Å². The van der Waals surface area contributed by atoms with Gasteiger partial charge in [-0.25, -0.2) is 9.67 Å². The highest BCUT2D eigenvalue weighted by Gasteiger charge is 2.11. The van der Waals surface area contributed by atoms with Crippen LogP contribution in [0.15, 0.2) is 35.4 Å². The van der Waals surface area contributed by atoms with Gasteiger partial charge < -0.3 is 0 Å². The normalized spacial score (nSPS) is 10.7. The molecule has 0 aliphatic carbocycles. The van der Waals surface area contributed by atoms with E-state index in [-0.39, 0.29) is 0 Å². The molecule has 0 unspecified atom stereocenters. The summed E-state index contributed by atoms with van der Waals surface area (Å²) >= 11 is 3.03. The fourth-order valence-electron chi connectivity index (χ4n) is 1.29. The summed E-state index contributed by atoms with van der Waals surface area (Å²) in [6.07, 6.45) is 5.42. The Hall–Kier alpha value is -1.53. The number of hydrogen-bond donors (Lipinski definition) is 0. The zero-order valence-electron chi connectivity index (χ0n) is 7.57. The molecule has 74 valence electrons. The SMILES string of the molecule is c1cnn(-c2nscc2-c2nccs2)c1. The highest BCUT2D eigenvalue weighted by Crippen LogP contribution is 2.28. The van der Waals surface area contributed by atoms with Crippen molar-refractivity contribution < 1.29 is 0 Å². The van der Waals surface area contributed by atoms with Crippen LogP contribution in [0.1, 0.15) is 0 Å². The van der Waals surface area contributed by atoms with Gasteiger partial charge in [0, 0.05) is 29.4 Å². The van der Waals surface area contributed by atoms with E-state index < -0.39 is 0 Å². The third kappa shape index (κ3) is 1.47. The molecule has 0 N–H and O–H groups in total. The van der Waals surface area contributed by atoms with Crippen molar-refractivity contribution in [2.24, 2.45) is 0 Å². The molecule has 0 aromatic carbocycles. The molecular weight excluding hydrogens is 228 g/mol. The van der Waals surface area contributed by atoms with E-state index in [0.29, 0.717) is 0 Å². The number of aromatic nitrogens is 4. The molecule has 0 aliphatic rings. The summed E-state index contributed by atoms with van der Waals surface area (Å²) in [6.45, 7) is 0. The minimum Gasteiger partial charge on any atom is -0.244 e. The highest BCUT2D eigenvalue weighted by molar-refractivity contribution is 7.13. The molecule has 3 aromatic rings. The number of thiazole rings is 1. The van der Waals surface area contributed by atoms with Crippen LogP contribution in [0.4, 0.5) is 0 Å². The van der Waals surface area contributed by atoms with Gasteiger partial charge in [-0.3, -0.25) is 0 Å². The Bertz CT molecular complexity index is 490. The smallest absolute Gasteiger partial charge is 0.176 e. The van der Waals surface area contributed by atoms with Crippen LogP contribution in [0.5, 0.6) is 0 Å². The van der Waals surface area contributed by atoms with E-state index in [2.05, 4.69) is 14.5 Å². The second-order valence-electron chi connectivity index (χ2n) is 2.84. The summed E-state index contributed by atoms with van der Waals surface area (Å²) in [7, 11) is 0. The number of hydrogen-bond acceptors (Lipinski definition) is 5. The predicted octanol–water partition coefficient (Wildman–Crippen LogP) is 2.45. The van der Waals surface area contributed by atoms with Crippen LogP contribution in [0, 0.1) is 0 Å². The third-order valence-corrected chi connectivity index (χ3v) is 3.36. The van der Waals surface area contributed by atoms with Gasteiger partial charge in [-0.15, -0.1) is 11.3 Å². The lowest BCUT2D eigenvalue weighted by Crippen LogP contribution is -1.95. The second-order valence-corrected chi connectivity index (χ2v) is 4.36. The van der Waals surface area contributed by atoms with Crippen molar-refractivity contribution in [2.75, 3.05) is 0 Å². The minimum atomic E-state index is 0.847. The summed E-state index contributed by atoms with van der Waals surface area (Å²) in [6, 6.07) is 1.88. The molecule has 0 amide bonds. The molecule has 3 rings (SSSR count). The molecule has 4 nitrogen and oxygen atoms in total. The van der Waals surface area contributed by atoms with Crippen LogP contribution in [0.3, 0.4) is 0 Å². The maximum Gasteiger partial charge on any atom is 0.176 e. The summed E-state index contributed by atoms with van der Waals surface area (Å²) in [4.78, 5) is 4.27. The Labute approximate surface area is 94.0 Å². The standard InChI is InChI=1S/C9H6N4S2/c1-2-11-13(4-1)8-7(6-15-12-8)9-10-3-5-14-9/h1-6H. The highest BCUT2D eigenvalue weighted by atomic mass is 32.1. The van der Waals surface area contributed by atoms with Crippen molar-refractivity contribution in [3.63, 3.8) is 0 Å². The van der Waals surface area contributed by atoms with Crippen molar-refractivity contribution in [3.05, 3.63) is 35.4 Å². The largest absolute Gasteiger partial charge is 0.244 e. The van der Waals surface area contributed by atoms with E-state index in [1.54, 1.807) is 28.4 Å². The molecule has 0 fully saturated rings. The Morgan fingerprint density at radius 1 is 1.27 bits per heavy atom. The van der Waals surface area contributed by atoms with Gasteiger partial charge in [0.2, 0.25) is 0 Å². The van der Waals surface area contributed by atoms with Crippen molar-refractivity contribution in [2.45, 2.75) is 0 Å². The first kappa shape index (κ1) is 8.75. The molecule has 0 atom stereocenters. The van der Waals surface area contributed by atoms with Crippen LogP contribution < -0.4 is 0 Å². The Balaban J connectivity index is 2.15. The van der Waals surface area contributed by atoms with Crippen LogP contribution >= 0.6 is 22.9 Å². The van der Waals surface area contributed by atoms with Gasteiger partial charge in [0.05, 0.1) is 5.56 Å². The Kier molecular flexibility index (Phi) is 2.08. The molecule has 0 saturated heterocycles. The van der Waals surface area contributed by atoms with Crippen LogP contribution in [-0.4, -0.2) is 19.1 Å². The fourth-order valence-corrected chi connectivity index (χ4v) is 2.67. The molecule has 3 heterocycles. The van der Waals surface area contributed by atoms with Crippen LogP contribution in [0.2, 0.25) is 0 Å². The van der Waals surface area contributed by atoms with Crippen molar-refractivity contribution in [3.8, 4) is 16.4 Å². The lowest BCUT2D eigenvalue weighted by molar-refractivity contribution is 0.862. The average molecular weight is 234 g/mol. The molecule has 0 spiro atoms. The summed E-state index contributed by atoms with van der Waals surface area (Å²) in [5.41, 5.74) is 1.04. The molecular formula is C9H6N4S2. The van der Waals surface area contributed by atoms with E-state index >= 15 is 0 Å². The quantitative estimate of drug-likeness (QED) is 0.684. The summed E-state index contributed by atoms with van der Waals surface area (Å²) in [5, 5.41) is 9.10. The molecule has 3 aromatic heterocycles. The molecule has 0 aliphatic heterocycles. The predicted molar refractivity (Wildman–Crippen MR) is 60.3 cm³/mol. The van der Waals surface area contributed by atoms with Gasteiger partial charge in [0.25, 0.3) is 0 Å². The first-order valence-corrected chi connectivity index (χ1v) is 6.01. The number of rotatable bonds is 2. The Morgan fingerprint density at radius 3 is 3.00 bits per heavy atom. The zero-order valence-corrected chi connectivity index (χ0v) is 9.20. The molecule has 0 bridgehead atoms. The van der Waals surface area contributed by atoms with E-state index in [4.69, 9.17) is 0 Å². The van der Waals surface area contributed by atoms with Crippen molar-refractivity contribution in [1.82, 2.24) is 19.1 Å². The molecule has 0 saturated carbocycles. The van der Waals surface area contributed by atoms with Crippen LogP contribution in [0.25, 0.3) is 16.4 Å². The first-order valence-electron chi connectivity index (χ1n) is 4.29. The Morgan fingerprint density at radius 2 is 2.27 bits per heavy atom. The van der Waals surface area contributed by atoms with Crippen LogP contribution in [-0.2, 0) is 0 Å². The molecule has 0 radical (unpaired) electrons. The van der Waals surface area contributed by atoms with Gasteiger partial charge >= 0.3 is 0 Å². The van der Waals surface area contributed by atoms with Gasteiger partial charge in [-0.1, -0.05) is 0 Å². The summed E-state index contributed by atoms with van der Waals surface area (Å²) < 4.78 is 6.08. The second kappa shape index (κ2) is 3.56.